The standard InChI is InChI=1S/C14H16N2O3/c1-14-8-9(5-6-10(14)13(18)19)16(14)12(17)11-4-2-3-7-15-11/h2-4,7,9-10H,5-6,8H2,1H3,(H,18,19). The third-order valence-corrected chi connectivity index (χ3v) is 4.50. The molecule has 5 nitrogen and oxygen atoms in total. The van der Waals surface area contributed by atoms with Crippen LogP contribution in [-0.2, 0) is 4.79 Å². The molecule has 1 amide bonds. The predicted octanol–water partition coefficient (Wildman–Crippen LogP) is 1.55. The molecule has 1 aromatic heterocycles. The highest BCUT2D eigenvalue weighted by Gasteiger charge is 2.60. The van der Waals surface area contributed by atoms with Crippen LogP contribution < -0.4 is 0 Å². The molecular formula is C14H16N2O3. The van der Waals surface area contributed by atoms with Crippen LogP contribution in [0.4, 0.5) is 0 Å². The van der Waals surface area contributed by atoms with Crippen LogP contribution >= 0.6 is 0 Å². The maximum Gasteiger partial charge on any atom is 0.308 e. The predicted molar refractivity (Wildman–Crippen MR) is 67.6 cm³/mol. The zero-order chi connectivity index (χ0) is 13.6. The van der Waals surface area contributed by atoms with Crippen LogP contribution in [0.3, 0.4) is 0 Å². The summed E-state index contributed by atoms with van der Waals surface area (Å²) in [5.41, 5.74) is -0.159. The molecule has 3 rings (SSSR count). The Hall–Kier alpha value is -1.91. The summed E-state index contributed by atoms with van der Waals surface area (Å²) in [6.07, 6.45) is 3.79. The average Bonchev–Trinajstić information content (AvgIpc) is 2.39. The number of carbonyl (C=O) groups is 2. The van der Waals surface area contributed by atoms with E-state index < -0.39 is 17.4 Å². The van der Waals surface area contributed by atoms with E-state index in [9.17, 15) is 14.7 Å². The Labute approximate surface area is 111 Å². The van der Waals surface area contributed by atoms with Crippen LogP contribution in [0.2, 0.25) is 0 Å². The number of nitrogens with zero attached hydrogens (tertiary/aromatic N) is 2. The molecule has 3 atom stereocenters. The van der Waals surface area contributed by atoms with E-state index in [0.717, 1.165) is 12.8 Å². The van der Waals surface area contributed by atoms with Gasteiger partial charge in [-0.15, -0.1) is 0 Å². The molecule has 1 N–H and O–H groups in total. The van der Waals surface area contributed by atoms with Gasteiger partial charge in [-0.3, -0.25) is 14.6 Å². The Morgan fingerprint density at radius 3 is 2.84 bits per heavy atom. The molecule has 2 aliphatic rings. The van der Waals surface area contributed by atoms with Crippen LogP contribution in [0.25, 0.3) is 0 Å². The van der Waals surface area contributed by atoms with Gasteiger partial charge in [-0.05, 0) is 38.3 Å². The molecule has 0 spiro atoms. The third kappa shape index (κ3) is 1.64. The van der Waals surface area contributed by atoms with E-state index in [2.05, 4.69) is 4.98 Å². The van der Waals surface area contributed by atoms with Gasteiger partial charge in [0, 0.05) is 12.2 Å². The van der Waals surface area contributed by atoms with Gasteiger partial charge in [-0.1, -0.05) is 6.07 Å². The highest BCUT2D eigenvalue weighted by atomic mass is 16.4. The first-order valence-corrected chi connectivity index (χ1v) is 6.51. The smallest absolute Gasteiger partial charge is 0.308 e. The second kappa shape index (κ2) is 4.05. The first-order chi connectivity index (χ1) is 9.04. The first-order valence-electron chi connectivity index (χ1n) is 6.51. The molecule has 1 aliphatic heterocycles. The van der Waals surface area contributed by atoms with Crippen molar-refractivity contribution in [3.8, 4) is 0 Å². The lowest BCUT2D eigenvalue weighted by Crippen LogP contribution is -2.73. The second-order valence-electron chi connectivity index (χ2n) is 5.57. The molecule has 2 heterocycles. The summed E-state index contributed by atoms with van der Waals surface area (Å²) in [6, 6.07) is 5.38. The van der Waals surface area contributed by atoms with Crippen LogP contribution in [-0.4, -0.2) is 38.4 Å². The number of fused-ring (bicyclic) bond motifs is 2. The molecule has 0 radical (unpaired) electrons. The zero-order valence-electron chi connectivity index (χ0n) is 10.7. The molecule has 3 unspecified atom stereocenters. The van der Waals surface area contributed by atoms with Crippen molar-refractivity contribution < 1.29 is 14.7 Å². The molecule has 100 valence electrons. The summed E-state index contributed by atoms with van der Waals surface area (Å²) < 4.78 is 0. The Kier molecular flexibility index (Phi) is 2.59. The first kappa shape index (κ1) is 12.1. The molecular weight excluding hydrogens is 244 g/mol. The van der Waals surface area contributed by atoms with Gasteiger partial charge in [0.1, 0.15) is 5.69 Å². The normalized spacial score (nSPS) is 32.6. The highest BCUT2D eigenvalue weighted by molar-refractivity contribution is 5.94. The fourth-order valence-electron chi connectivity index (χ4n) is 3.58. The fraction of sp³-hybridized carbons (Fsp3) is 0.500. The number of carboxylic acid groups (broad SMARTS) is 1. The van der Waals surface area contributed by atoms with Crippen LogP contribution in [0.15, 0.2) is 24.4 Å². The lowest BCUT2D eigenvalue weighted by atomic mass is 9.62. The SMILES string of the molecule is CC12CC(CCC1C(=O)O)N2C(=O)c1ccccn1. The van der Waals surface area contributed by atoms with Gasteiger partial charge in [0.15, 0.2) is 0 Å². The zero-order valence-corrected chi connectivity index (χ0v) is 10.7. The summed E-state index contributed by atoms with van der Waals surface area (Å²) in [7, 11) is 0. The monoisotopic (exact) mass is 260 g/mol. The minimum atomic E-state index is -0.806. The molecule has 1 saturated carbocycles. The van der Waals surface area contributed by atoms with Gasteiger partial charge >= 0.3 is 5.97 Å². The third-order valence-electron chi connectivity index (χ3n) is 4.50. The van der Waals surface area contributed by atoms with Gasteiger partial charge in [0.05, 0.1) is 11.5 Å². The lowest BCUT2D eigenvalue weighted by molar-refractivity contribution is -0.164. The van der Waals surface area contributed by atoms with Crippen LogP contribution in [0.5, 0.6) is 0 Å². The molecule has 5 heteroatoms. The number of rotatable bonds is 2. The van der Waals surface area contributed by atoms with Crippen molar-refractivity contribution in [2.45, 2.75) is 37.8 Å². The van der Waals surface area contributed by atoms with Crippen LogP contribution in [0, 0.1) is 5.92 Å². The molecule has 19 heavy (non-hydrogen) atoms. The van der Waals surface area contributed by atoms with Crippen molar-refractivity contribution in [3.63, 3.8) is 0 Å². The number of aliphatic carboxylic acids is 1. The Balaban J connectivity index is 1.90. The van der Waals surface area contributed by atoms with Crippen molar-refractivity contribution in [2.75, 3.05) is 0 Å². The van der Waals surface area contributed by atoms with Gasteiger partial charge < -0.3 is 10.0 Å². The molecule has 0 aromatic carbocycles. The molecule has 1 aromatic rings. The highest BCUT2D eigenvalue weighted by Crippen LogP contribution is 2.51. The Bertz CT molecular complexity index is 531. The lowest BCUT2D eigenvalue weighted by Gasteiger charge is -2.62. The Morgan fingerprint density at radius 2 is 2.21 bits per heavy atom. The summed E-state index contributed by atoms with van der Waals surface area (Å²) in [5, 5.41) is 9.32. The minimum Gasteiger partial charge on any atom is -0.481 e. The molecule has 2 bridgehead atoms. The van der Waals surface area contributed by atoms with E-state index in [-0.39, 0.29) is 11.9 Å². The summed E-state index contributed by atoms with van der Waals surface area (Å²) >= 11 is 0. The number of carbonyl (C=O) groups excluding carboxylic acids is 1. The number of aromatic nitrogens is 1. The Morgan fingerprint density at radius 1 is 1.42 bits per heavy atom. The van der Waals surface area contributed by atoms with Crippen LogP contribution in [0.1, 0.15) is 36.7 Å². The number of hydrogen-bond donors (Lipinski definition) is 1. The number of amides is 1. The largest absolute Gasteiger partial charge is 0.481 e. The van der Waals surface area contributed by atoms with E-state index in [0.29, 0.717) is 12.1 Å². The van der Waals surface area contributed by atoms with E-state index >= 15 is 0 Å². The molecule has 1 saturated heterocycles. The number of likely N-dealkylation sites (tertiary alicyclic amines) is 1. The molecule has 1 aliphatic carbocycles. The van der Waals surface area contributed by atoms with Crippen molar-refractivity contribution in [2.24, 2.45) is 5.92 Å². The number of hydrogen-bond acceptors (Lipinski definition) is 3. The van der Waals surface area contributed by atoms with Crippen molar-refractivity contribution >= 4 is 11.9 Å². The van der Waals surface area contributed by atoms with Crippen molar-refractivity contribution in [1.82, 2.24) is 9.88 Å². The summed E-state index contributed by atoms with van der Waals surface area (Å²) in [4.78, 5) is 29.6. The van der Waals surface area contributed by atoms with E-state index in [4.69, 9.17) is 0 Å². The minimum absolute atomic E-state index is 0.148. The van der Waals surface area contributed by atoms with Gasteiger partial charge in [0.2, 0.25) is 0 Å². The maximum atomic E-state index is 12.5. The summed E-state index contributed by atoms with van der Waals surface area (Å²) in [6.45, 7) is 1.88. The van der Waals surface area contributed by atoms with Gasteiger partial charge in [0.25, 0.3) is 5.91 Å². The van der Waals surface area contributed by atoms with E-state index in [1.54, 1.807) is 29.3 Å². The number of carboxylic acids is 1. The quantitative estimate of drug-likeness (QED) is 0.875. The van der Waals surface area contributed by atoms with Gasteiger partial charge in [-0.2, -0.15) is 0 Å². The van der Waals surface area contributed by atoms with Gasteiger partial charge in [-0.25, -0.2) is 0 Å². The maximum absolute atomic E-state index is 12.5. The average molecular weight is 260 g/mol. The van der Waals surface area contributed by atoms with Crippen molar-refractivity contribution in [3.05, 3.63) is 30.1 Å². The second-order valence-corrected chi connectivity index (χ2v) is 5.57. The number of piperidine rings is 1. The molecule has 2 fully saturated rings. The summed E-state index contributed by atoms with van der Waals surface area (Å²) in [5.74, 6) is -1.42. The number of pyridine rings is 1. The van der Waals surface area contributed by atoms with E-state index in [1.807, 2.05) is 6.92 Å². The fourth-order valence-corrected chi connectivity index (χ4v) is 3.58. The van der Waals surface area contributed by atoms with E-state index in [1.165, 1.54) is 0 Å². The van der Waals surface area contributed by atoms with Crippen molar-refractivity contribution in [1.29, 1.82) is 0 Å². The topological polar surface area (TPSA) is 70.5 Å².